The van der Waals surface area contributed by atoms with Gasteiger partial charge in [0.05, 0.1) is 22.6 Å². The van der Waals surface area contributed by atoms with E-state index >= 15 is 0 Å². The molecule has 0 saturated carbocycles. The molecule has 0 aromatic carbocycles. The van der Waals surface area contributed by atoms with E-state index in [1.807, 2.05) is 31.4 Å². The Hall–Kier alpha value is -2.22. The standard InChI is InChI=1S/C18H17ClN4O2S/c1-23-10-12(9-21-23)17-13(6-7-25-17)18(24)22-16-5-2-11(8-20-16)14-3-4-15(19)26-14/h2-5,8-10,13,17H,6-7H2,1H3,(H,20,22,24)/t13-,17+/m0/s1. The van der Waals surface area contributed by atoms with Crippen LogP contribution < -0.4 is 5.32 Å². The minimum atomic E-state index is -0.267. The molecule has 0 unspecified atom stereocenters. The lowest BCUT2D eigenvalue weighted by molar-refractivity contribution is -0.121. The average molecular weight is 389 g/mol. The summed E-state index contributed by atoms with van der Waals surface area (Å²) in [5.74, 6) is 0.186. The number of anilines is 1. The summed E-state index contributed by atoms with van der Waals surface area (Å²) in [7, 11) is 1.85. The van der Waals surface area contributed by atoms with Gasteiger partial charge in [-0.2, -0.15) is 5.10 Å². The predicted octanol–water partition coefficient (Wildman–Crippen LogP) is 3.91. The van der Waals surface area contributed by atoms with Crippen LogP contribution in [0.5, 0.6) is 0 Å². The molecule has 1 fully saturated rings. The molecule has 1 aliphatic rings. The number of nitrogens with zero attached hydrogens (tertiary/aromatic N) is 3. The monoisotopic (exact) mass is 388 g/mol. The summed E-state index contributed by atoms with van der Waals surface area (Å²) < 4.78 is 8.20. The van der Waals surface area contributed by atoms with Gasteiger partial charge in [0.1, 0.15) is 5.82 Å². The molecule has 8 heteroatoms. The van der Waals surface area contributed by atoms with Crippen molar-refractivity contribution in [3.8, 4) is 10.4 Å². The first-order chi connectivity index (χ1) is 12.6. The fraction of sp³-hybridized carbons (Fsp3) is 0.278. The summed E-state index contributed by atoms with van der Waals surface area (Å²) in [5.41, 5.74) is 1.89. The van der Waals surface area contributed by atoms with Crippen LogP contribution in [0.2, 0.25) is 4.34 Å². The summed E-state index contributed by atoms with van der Waals surface area (Å²) in [5, 5.41) is 7.06. The van der Waals surface area contributed by atoms with Crippen LogP contribution in [0.4, 0.5) is 5.82 Å². The molecule has 0 radical (unpaired) electrons. The molecule has 134 valence electrons. The maximum absolute atomic E-state index is 12.7. The molecule has 1 amide bonds. The maximum atomic E-state index is 12.7. The first-order valence-electron chi connectivity index (χ1n) is 8.23. The molecule has 0 aliphatic carbocycles. The normalized spacial score (nSPS) is 19.6. The highest BCUT2D eigenvalue weighted by molar-refractivity contribution is 7.19. The average Bonchev–Trinajstić information content (AvgIpc) is 3.35. The van der Waals surface area contributed by atoms with Crippen molar-refractivity contribution in [2.45, 2.75) is 12.5 Å². The van der Waals surface area contributed by atoms with Gasteiger partial charge in [-0.25, -0.2) is 4.98 Å². The number of nitrogens with one attached hydrogen (secondary N) is 1. The number of ether oxygens (including phenoxy) is 1. The van der Waals surface area contributed by atoms with E-state index in [1.54, 1.807) is 23.1 Å². The van der Waals surface area contributed by atoms with Gasteiger partial charge in [-0.1, -0.05) is 11.6 Å². The van der Waals surface area contributed by atoms with Gasteiger partial charge in [0.15, 0.2) is 0 Å². The molecule has 1 aliphatic heterocycles. The molecule has 26 heavy (non-hydrogen) atoms. The largest absolute Gasteiger partial charge is 0.373 e. The summed E-state index contributed by atoms with van der Waals surface area (Å²) in [4.78, 5) is 18.1. The second-order valence-electron chi connectivity index (χ2n) is 6.16. The molecule has 3 aromatic heterocycles. The van der Waals surface area contributed by atoms with Crippen LogP contribution in [0.3, 0.4) is 0 Å². The van der Waals surface area contributed by atoms with Crippen molar-refractivity contribution in [3.63, 3.8) is 0 Å². The van der Waals surface area contributed by atoms with Crippen molar-refractivity contribution < 1.29 is 9.53 Å². The van der Waals surface area contributed by atoms with Gasteiger partial charge in [-0.3, -0.25) is 9.48 Å². The first kappa shape index (κ1) is 17.2. The number of pyridine rings is 1. The second-order valence-corrected chi connectivity index (χ2v) is 7.87. The summed E-state index contributed by atoms with van der Waals surface area (Å²) in [6, 6.07) is 7.54. The molecule has 1 N–H and O–H groups in total. The fourth-order valence-electron chi connectivity index (χ4n) is 3.08. The Morgan fingerprint density at radius 1 is 1.35 bits per heavy atom. The van der Waals surface area contributed by atoms with Crippen LogP contribution in [0.15, 0.2) is 42.9 Å². The fourth-order valence-corrected chi connectivity index (χ4v) is 4.11. The Kier molecular flexibility index (Phi) is 4.76. The predicted molar refractivity (Wildman–Crippen MR) is 101 cm³/mol. The SMILES string of the molecule is Cn1cc([C@H]2OCC[C@@H]2C(=O)Nc2ccc(-c3ccc(Cl)s3)cn2)cn1. The van der Waals surface area contributed by atoms with Gasteiger partial charge >= 0.3 is 0 Å². The number of amides is 1. The van der Waals surface area contributed by atoms with E-state index in [4.69, 9.17) is 16.3 Å². The smallest absolute Gasteiger partial charge is 0.231 e. The van der Waals surface area contributed by atoms with Crippen molar-refractivity contribution in [2.24, 2.45) is 13.0 Å². The molecule has 3 aromatic rings. The minimum absolute atomic E-state index is 0.0872. The van der Waals surface area contributed by atoms with Crippen LogP contribution in [-0.2, 0) is 16.6 Å². The zero-order valence-electron chi connectivity index (χ0n) is 14.1. The number of carbonyl (C=O) groups excluding carboxylic acids is 1. The van der Waals surface area contributed by atoms with Crippen molar-refractivity contribution in [3.05, 3.63) is 52.8 Å². The molecule has 6 nitrogen and oxygen atoms in total. The Morgan fingerprint density at radius 3 is 2.88 bits per heavy atom. The van der Waals surface area contributed by atoms with Crippen molar-refractivity contribution >= 4 is 34.7 Å². The van der Waals surface area contributed by atoms with Gasteiger partial charge in [-0.15, -0.1) is 11.3 Å². The van der Waals surface area contributed by atoms with Gasteiger partial charge in [0.25, 0.3) is 0 Å². The van der Waals surface area contributed by atoms with E-state index in [-0.39, 0.29) is 17.9 Å². The topological polar surface area (TPSA) is 69.0 Å². The zero-order valence-corrected chi connectivity index (χ0v) is 15.6. The Morgan fingerprint density at radius 2 is 2.23 bits per heavy atom. The molecule has 4 heterocycles. The number of hydrogen-bond acceptors (Lipinski definition) is 5. The summed E-state index contributed by atoms with van der Waals surface area (Å²) in [6.07, 6.45) is 5.78. The number of hydrogen-bond donors (Lipinski definition) is 1. The van der Waals surface area contributed by atoms with Gasteiger partial charge in [0, 0.05) is 42.1 Å². The molecule has 1 saturated heterocycles. The van der Waals surface area contributed by atoms with Gasteiger partial charge < -0.3 is 10.1 Å². The van der Waals surface area contributed by atoms with Crippen LogP contribution in [0.25, 0.3) is 10.4 Å². The van der Waals surface area contributed by atoms with Gasteiger partial charge in [0.2, 0.25) is 5.91 Å². The van der Waals surface area contributed by atoms with E-state index in [1.165, 1.54) is 11.3 Å². The Bertz CT molecular complexity index is 921. The highest BCUT2D eigenvalue weighted by Gasteiger charge is 2.36. The van der Waals surface area contributed by atoms with E-state index in [2.05, 4.69) is 15.4 Å². The molecular formula is C18H17ClN4O2S. The first-order valence-corrected chi connectivity index (χ1v) is 9.42. The third-order valence-electron chi connectivity index (χ3n) is 4.35. The lowest BCUT2D eigenvalue weighted by Gasteiger charge is -2.16. The quantitative estimate of drug-likeness (QED) is 0.735. The summed E-state index contributed by atoms with van der Waals surface area (Å²) in [6.45, 7) is 0.559. The van der Waals surface area contributed by atoms with E-state index in [9.17, 15) is 4.79 Å². The van der Waals surface area contributed by atoms with E-state index in [0.29, 0.717) is 18.8 Å². The zero-order chi connectivity index (χ0) is 18.1. The molecule has 4 rings (SSSR count). The number of thiophene rings is 1. The van der Waals surface area contributed by atoms with Crippen molar-refractivity contribution in [1.29, 1.82) is 0 Å². The molecular weight excluding hydrogens is 372 g/mol. The second kappa shape index (κ2) is 7.19. The van der Waals surface area contributed by atoms with Crippen LogP contribution >= 0.6 is 22.9 Å². The highest BCUT2D eigenvalue weighted by atomic mass is 35.5. The summed E-state index contributed by atoms with van der Waals surface area (Å²) >= 11 is 7.47. The lowest BCUT2D eigenvalue weighted by atomic mass is 9.96. The van der Waals surface area contributed by atoms with E-state index < -0.39 is 0 Å². The Balaban J connectivity index is 1.45. The van der Waals surface area contributed by atoms with Gasteiger partial charge in [-0.05, 0) is 30.7 Å². The lowest BCUT2D eigenvalue weighted by Crippen LogP contribution is -2.25. The van der Waals surface area contributed by atoms with Crippen LogP contribution in [-0.4, -0.2) is 27.3 Å². The number of aromatic nitrogens is 3. The van der Waals surface area contributed by atoms with Crippen molar-refractivity contribution in [1.82, 2.24) is 14.8 Å². The molecule has 2 atom stereocenters. The maximum Gasteiger partial charge on any atom is 0.231 e. The number of carbonyl (C=O) groups is 1. The molecule has 0 bridgehead atoms. The molecule has 0 spiro atoms. The number of aryl methyl sites for hydroxylation is 1. The van der Waals surface area contributed by atoms with Crippen LogP contribution in [0, 0.1) is 5.92 Å². The highest BCUT2D eigenvalue weighted by Crippen LogP contribution is 2.35. The third-order valence-corrected chi connectivity index (χ3v) is 5.63. The number of rotatable bonds is 4. The van der Waals surface area contributed by atoms with Crippen LogP contribution in [0.1, 0.15) is 18.1 Å². The van der Waals surface area contributed by atoms with E-state index in [0.717, 1.165) is 20.3 Å². The third kappa shape index (κ3) is 3.51. The minimum Gasteiger partial charge on any atom is -0.373 e. The Labute approximate surface area is 159 Å². The number of halogens is 1. The van der Waals surface area contributed by atoms with Crippen molar-refractivity contribution in [2.75, 3.05) is 11.9 Å².